The summed E-state index contributed by atoms with van der Waals surface area (Å²) in [6, 6.07) is 22.2. The van der Waals surface area contributed by atoms with Gasteiger partial charge in [0.2, 0.25) is 0 Å². The van der Waals surface area contributed by atoms with Crippen LogP contribution in [0.25, 0.3) is 6.08 Å². The van der Waals surface area contributed by atoms with Crippen LogP contribution in [0.1, 0.15) is 23.1 Å². The number of allylic oxidation sites excluding steroid dienone is 4. The number of hydrogen-bond acceptors (Lipinski definition) is 5. The second-order valence-electron chi connectivity index (χ2n) is 9.66. The zero-order chi connectivity index (χ0) is 26.9. The molecular weight excluding hydrogens is 476 g/mol. The van der Waals surface area contributed by atoms with Crippen molar-refractivity contribution in [2.24, 2.45) is 11.8 Å². The number of hydrazine groups is 1. The molecule has 38 heavy (non-hydrogen) atoms. The summed E-state index contributed by atoms with van der Waals surface area (Å²) in [4.78, 5) is 28.3. The number of anilines is 1. The van der Waals surface area contributed by atoms with Crippen LogP contribution in [0.5, 0.6) is 11.5 Å². The molecule has 3 aromatic carbocycles. The lowest BCUT2D eigenvalue weighted by Gasteiger charge is -2.41. The molecule has 2 amide bonds. The van der Waals surface area contributed by atoms with Crippen LogP contribution in [0.4, 0.5) is 5.69 Å². The molecule has 6 heteroatoms. The van der Waals surface area contributed by atoms with Crippen molar-refractivity contribution >= 4 is 23.6 Å². The molecule has 1 saturated heterocycles. The Hall–Kier alpha value is -4.58. The number of amides is 2. The maximum Gasteiger partial charge on any atom is 0.260 e. The molecule has 0 aromatic heterocycles. The molecule has 0 bridgehead atoms. The van der Waals surface area contributed by atoms with Gasteiger partial charge < -0.3 is 9.84 Å². The number of imide groups is 1. The number of nitrogens with one attached hydrogen (secondary N) is 1. The molecule has 1 heterocycles. The second kappa shape index (κ2) is 10.1. The van der Waals surface area contributed by atoms with E-state index in [-0.39, 0.29) is 17.6 Å². The monoisotopic (exact) mass is 506 g/mol. The maximum atomic E-state index is 14.5. The van der Waals surface area contributed by atoms with Crippen molar-refractivity contribution in [3.05, 3.63) is 120 Å². The largest absolute Gasteiger partial charge is 0.504 e. The van der Waals surface area contributed by atoms with Gasteiger partial charge in [0.25, 0.3) is 11.8 Å². The number of nitrogens with zero attached hydrogens (tertiary/aromatic N) is 1. The van der Waals surface area contributed by atoms with Gasteiger partial charge in [-0.3, -0.25) is 15.0 Å². The van der Waals surface area contributed by atoms with E-state index in [0.717, 1.165) is 22.3 Å². The van der Waals surface area contributed by atoms with Gasteiger partial charge in [-0.2, -0.15) is 5.01 Å². The number of fused-ring (bicyclic) bond motifs is 1. The molecule has 6 nitrogen and oxygen atoms in total. The summed E-state index contributed by atoms with van der Waals surface area (Å²) >= 11 is 0. The topological polar surface area (TPSA) is 78.9 Å². The summed E-state index contributed by atoms with van der Waals surface area (Å²) in [7, 11) is 1.50. The van der Waals surface area contributed by atoms with Gasteiger partial charge in [0.1, 0.15) is 0 Å². The van der Waals surface area contributed by atoms with E-state index in [0.29, 0.717) is 17.9 Å². The van der Waals surface area contributed by atoms with Gasteiger partial charge in [0.15, 0.2) is 11.5 Å². The number of carbonyl (C=O) groups excluding carboxylic acids is 2. The number of ether oxygens (including phenoxy) is 1. The highest BCUT2D eigenvalue weighted by Crippen LogP contribution is 2.54. The molecule has 0 radical (unpaired) electrons. The number of carbonyl (C=O) groups is 2. The number of rotatable bonds is 7. The minimum atomic E-state index is -1.16. The zero-order valence-corrected chi connectivity index (χ0v) is 21.4. The van der Waals surface area contributed by atoms with Crippen LogP contribution in [-0.2, 0) is 15.0 Å². The van der Waals surface area contributed by atoms with E-state index in [1.54, 1.807) is 24.3 Å². The summed E-state index contributed by atoms with van der Waals surface area (Å²) in [5, 5.41) is 11.2. The quantitative estimate of drug-likeness (QED) is 0.396. The Bertz CT molecular complexity index is 1440. The normalized spacial score (nSPS) is 22.8. The summed E-state index contributed by atoms with van der Waals surface area (Å²) in [6.45, 7) is 6.01. The average molecular weight is 507 g/mol. The maximum absolute atomic E-state index is 14.5. The molecular formula is C32H30N2O4. The van der Waals surface area contributed by atoms with Crippen molar-refractivity contribution in [1.29, 1.82) is 0 Å². The molecule has 0 saturated carbocycles. The van der Waals surface area contributed by atoms with Crippen LogP contribution in [0.2, 0.25) is 0 Å². The van der Waals surface area contributed by atoms with Gasteiger partial charge in [-0.05, 0) is 54.3 Å². The third-order valence-electron chi connectivity index (χ3n) is 7.53. The van der Waals surface area contributed by atoms with Gasteiger partial charge in [0, 0.05) is 5.92 Å². The first-order valence-corrected chi connectivity index (χ1v) is 12.5. The number of methoxy groups -OCH3 is 1. The Morgan fingerprint density at radius 2 is 1.82 bits per heavy atom. The highest BCUT2D eigenvalue weighted by molar-refractivity contribution is 6.12. The van der Waals surface area contributed by atoms with Crippen LogP contribution in [0.3, 0.4) is 0 Å². The van der Waals surface area contributed by atoms with E-state index in [4.69, 9.17) is 4.74 Å². The molecule has 3 unspecified atom stereocenters. The first-order chi connectivity index (χ1) is 18.4. The molecule has 0 spiro atoms. The molecule has 3 aromatic rings. The van der Waals surface area contributed by atoms with Crippen LogP contribution in [0.15, 0.2) is 103 Å². The van der Waals surface area contributed by atoms with E-state index in [9.17, 15) is 14.7 Å². The Morgan fingerprint density at radius 3 is 2.50 bits per heavy atom. The number of phenolic OH excluding ortho intramolecular Hbond substituents is 1. The van der Waals surface area contributed by atoms with Crippen molar-refractivity contribution in [3.8, 4) is 11.5 Å². The minimum absolute atomic E-state index is 0.0456. The van der Waals surface area contributed by atoms with Crippen molar-refractivity contribution in [3.63, 3.8) is 0 Å². The van der Waals surface area contributed by atoms with E-state index >= 15 is 0 Å². The lowest BCUT2D eigenvalue weighted by Crippen LogP contribution is -2.49. The van der Waals surface area contributed by atoms with Crippen LogP contribution < -0.4 is 10.2 Å². The predicted octanol–water partition coefficient (Wildman–Crippen LogP) is 5.80. The highest BCUT2D eigenvalue weighted by Gasteiger charge is 2.64. The number of hydrogen-bond donors (Lipinski definition) is 2. The lowest BCUT2D eigenvalue weighted by molar-refractivity contribution is -0.138. The fourth-order valence-electron chi connectivity index (χ4n) is 5.62. The fourth-order valence-corrected chi connectivity index (χ4v) is 5.62. The van der Waals surface area contributed by atoms with E-state index in [2.05, 4.69) is 12.0 Å². The van der Waals surface area contributed by atoms with Gasteiger partial charge in [-0.15, -0.1) is 0 Å². The lowest BCUT2D eigenvalue weighted by atomic mass is 9.57. The van der Waals surface area contributed by atoms with Gasteiger partial charge >= 0.3 is 0 Å². The van der Waals surface area contributed by atoms with Crippen LogP contribution in [0, 0.1) is 18.8 Å². The van der Waals surface area contributed by atoms with E-state index in [1.165, 1.54) is 12.1 Å². The molecule has 192 valence electrons. The van der Waals surface area contributed by atoms with Gasteiger partial charge in [-0.1, -0.05) is 85.0 Å². The van der Waals surface area contributed by atoms with Gasteiger partial charge in [0.05, 0.1) is 24.1 Å². The molecule has 2 aliphatic rings. The molecule has 1 aliphatic heterocycles. The average Bonchev–Trinajstić information content (AvgIpc) is 3.16. The van der Waals surface area contributed by atoms with Crippen LogP contribution >= 0.6 is 0 Å². The highest BCUT2D eigenvalue weighted by atomic mass is 16.5. The summed E-state index contributed by atoms with van der Waals surface area (Å²) in [5.74, 6) is -1.21. The number of benzene rings is 3. The Morgan fingerprint density at radius 1 is 1.08 bits per heavy atom. The third-order valence-corrected chi connectivity index (χ3v) is 7.53. The van der Waals surface area contributed by atoms with Gasteiger partial charge in [-0.25, -0.2) is 0 Å². The number of aryl methyl sites for hydroxylation is 1. The smallest absolute Gasteiger partial charge is 0.260 e. The van der Waals surface area contributed by atoms with Crippen molar-refractivity contribution in [2.75, 3.05) is 12.5 Å². The Balaban J connectivity index is 1.64. The second-order valence-corrected chi connectivity index (χ2v) is 9.66. The van der Waals surface area contributed by atoms with Crippen molar-refractivity contribution < 1.29 is 19.4 Å². The Labute approximate surface area is 222 Å². The predicted molar refractivity (Wildman–Crippen MR) is 148 cm³/mol. The zero-order valence-electron chi connectivity index (χ0n) is 21.4. The molecule has 1 aliphatic carbocycles. The molecule has 3 atom stereocenters. The minimum Gasteiger partial charge on any atom is -0.504 e. The SMILES string of the molecule is C=CC1=CCC2C(=O)N(Nc3ccc(C)cc3)C(=O)C2(c2ccccc2)C1C=Cc1ccc(O)c(OC)c1. The first kappa shape index (κ1) is 25.1. The van der Waals surface area contributed by atoms with E-state index < -0.39 is 17.3 Å². The van der Waals surface area contributed by atoms with Crippen molar-refractivity contribution in [2.45, 2.75) is 18.8 Å². The van der Waals surface area contributed by atoms with Crippen molar-refractivity contribution in [1.82, 2.24) is 5.01 Å². The molecule has 2 N–H and O–H groups in total. The number of phenols is 1. The number of aromatic hydroxyl groups is 1. The first-order valence-electron chi connectivity index (χ1n) is 12.5. The van der Waals surface area contributed by atoms with E-state index in [1.807, 2.05) is 79.7 Å². The standard InChI is InChI=1S/C32H30N2O4/c1-4-23-14-18-27-30(36)34(33-25-15-10-21(2)11-16-25)31(37)32(27,24-8-6-5-7-9-24)26(23)17-12-22-13-19-28(35)29(20-22)38-3/h4-17,19-20,26-27,33,35H,1,18H2,2-3H3. The summed E-state index contributed by atoms with van der Waals surface area (Å²) < 4.78 is 5.26. The third kappa shape index (κ3) is 4.08. The summed E-state index contributed by atoms with van der Waals surface area (Å²) in [5.41, 5.74) is 6.12. The molecule has 1 fully saturated rings. The molecule has 5 rings (SSSR count). The van der Waals surface area contributed by atoms with Crippen LogP contribution in [-0.4, -0.2) is 29.0 Å². The Kier molecular flexibility index (Phi) is 6.64. The fraction of sp³-hybridized carbons (Fsp3) is 0.188. The summed E-state index contributed by atoms with van der Waals surface area (Å²) in [6.07, 6.45) is 8.04.